The van der Waals surface area contributed by atoms with Gasteiger partial charge in [0, 0.05) is 13.1 Å². The van der Waals surface area contributed by atoms with Crippen molar-refractivity contribution in [3.8, 4) is 0 Å². The fourth-order valence-electron chi connectivity index (χ4n) is 2.45. The molecular formula is C13H22N2O3. The zero-order chi connectivity index (χ0) is 13.8. The molecule has 0 aromatic rings. The molecule has 0 bridgehead atoms. The van der Waals surface area contributed by atoms with E-state index in [-0.39, 0.29) is 5.91 Å². The van der Waals surface area contributed by atoms with Crippen LogP contribution in [-0.4, -0.2) is 46.6 Å². The molecule has 1 fully saturated rings. The van der Waals surface area contributed by atoms with Crippen LogP contribution in [0.4, 0.5) is 0 Å². The zero-order valence-electron chi connectivity index (χ0n) is 11.1. The smallest absolute Gasteiger partial charge is 0.323 e. The van der Waals surface area contributed by atoms with E-state index in [1.54, 1.807) is 24.8 Å². The molecule has 0 spiro atoms. The average molecular weight is 254 g/mol. The van der Waals surface area contributed by atoms with Crippen LogP contribution in [0.1, 0.15) is 33.1 Å². The molecule has 18 heavy (non-hydrogen) atoms. The van der Waals surface area contributed by atoms with E-state index in [9.17, 15) is 14.7 Å². The lowest BCUT2D eigenvalue weighted by molar-refractivity contribution is -0.156. The Morgan fingerprint density at radius 1 is 1.56 bits per heavy atom. The number of nitrogens with zero attached hydrogens (tertiary/aromatic N) is 1. The van der Waals surface area contributed by atoms with Crippen molar-refractivity contribution in [3.05, 3.63) is 12.7 Å². The van der Waals surface area contributed by atoms with Crippen LogP contribution in [0.2, 0.25) is 0 Å². The SMILES string of the molecule is C=CCNC(=O)C(C)N1CCCCC1(C)C(=O)O. The number of carbonyl (C=O) groups excluding carboxylic acids is 1. The Morgan fingerprint density at radius 2 is 2.22 bits per heavy atom. The number of carboxylic acid groups (broad SMARTS) is 1. The highest BCUT2D eigenvalue weighted by Gasteiger charge is 2.44. The van der Waals surface area contributed by atoms with Crippen molar-refractivity contribution in [3.63, 3.8) is 0 Å². The standard InChI is InChI=1S/C13H22N2O3/c1-4-8-14-11(16)10(2)15-9-6-5-7-13(15,3)12(17)18/h4,10H,1,5-9H2,2-3H3,(H,14,16)(H,17,18). The Balaban J connectivity index is 2.80. The Kier molecular flexibility index (Phi) is 4.90. The molecule has 1 heterocycles. The van der Waals surface area contributed by atoms with Crippen LogP contribution >= 0.6 is 0 Å². The number of carboxylic acids is 1. The summed E-state index contributed by atoms with van der Waals surface area (Å²) in [4.78, 5) is 25.1. The molecule has 5 heteroatoms. The molecule has 2 atom stereocenters. The molecule has 0 saturated carbocycles. The van der Waals surface area contributed by atoms with Gasteiger partial charge in [0.1, 0.15) is 5.54 Å². The van der Waals surface area contributed by atoms with Gasteiger partial charge in [-0.15, -0.1) is 6.58 Å². The van der Waals surface area contributed by atoms with Crippen LogP contribution in [0.3, 0.4) is 0 Å². The second-order valence-electron chi connectivity index (χ2n) is 4.94. The van der Waals surface area contributed by atoms with Gasteiger partial charge in [-0.3, -0.25) is 14.5 Å². The molecule has 1 amide bonds. The molecule has 0 aromatic heterocycles. The molecule has 0 radical (unpaired) electrons. The Morgan fingerprint density at radius 3 is 2.78 bits per heavy atom. The number of aliphatic carboxylic acids is 1. The lowest BCUT2D eigenvalue weighted by Crippen LogP contribution is -2.61. The highest BCUT2D eigenvalue weighted by Crippen LogP contribution is 2.30. The Labute approximate surface area is 108 Å². The quantitative estimate of drug-likeness (QED) is 0.718. The van der Waals surface area contributed by atoms with Crippen molar-refractivity contribution in [2.75, 3.05) is 13.1 Å². The molecule has 1 rings (SSSR count). The van der Waals surface area contributed by atoms with E-state index in [2.05, 4.69) is 11.9 Å². The maximum atomic E-state index is 11.9. The fraction of sp³-hybridized carbons (Fsp3) is 0.692. The summed E-state index contributed by atoms with van der Waals surface area (Å²) in [5.41, 5.74) is -0.941. The maximum Gasteiger partial charge on any atom is 0.323 e. The average Bonchev–Trinajstić information content (AvgIpc) is 2.35. The van der Waals surface area contributed by atoms with Crippen molar-refractivity contribution in [1.82, 2.24) is 10.2 Å². The summed E-state index contributed by atoms with van der Waals surface area (Å²) >= 11 is 0. The monoisotopic (exact) mass is 254 g/mol. The summed E-state index contributed by atoms with van der Waals surface area (Å²) in [5.74, 6) is -1.00. The summed E-state index contributed by atoms with van der Waals surface area (Å²) in [7, 11) is 0. The predicted molar refractivity (Wildman–Crippen MR) is 69.3 cm³/mol. The first-order valence-corrected chi connectivity index (χ1v) is 6.32. The van der Waals surface area contributed by atoms with E-state index in [0.29, 0.717) is 19.5 Å². The van der Waals surface area contributed by atoms with Gasteiger partial charge < -0.3 is 10.4 Å². The van der Waals surface area contributed by atoms with Gasteiger partial charge in [-0.05, 0) is 33.1 Å². The number of rotatable bonds is 5. The second-order valence-corrected chi connectivity index (χ2v) is 4.94. The van der Waals surface area contributed by atoms with Gasteiger partial charge in [0.2, 0.25) is 5.91 Å². The van der Waals surface area contributed by atoms with Gasteiger partial charge in [0.05, 0.1) is 6.04 Å². The Bertz CT molecular complexity index is 343. The molecule has 2 N–H and O–H groups in total. The highest BCUT2D eigenvalue weighted by molar-refractivity contribution is 5.84. The highest BCUT2D eigenvalue weighted by atomic mass is 16.4. The summed E-state index contributed by atoms with van der Waals surface area (Å²) in [6, 6.07) is -0.439. The van der Waals surface area contributed by atoms with Gasteiger partial charge in [0.15, 0.2) is 0 Å². The third-order valence-electron chi connectivity index (χ3n) is 3.67. The number of likely N-dealkylation sites (tertiary alicyclic amines) is 1. The van der Waals surface area contributed by atoms with Gasteiger partial charge >= 0.3 is 5.97 Å². The van der Waals surface area contributed by atoms with Crippen LogP contribution in [0, 0.1) is 0 Å². The van der Waals surface area contributed by atoms with E-state index < -0.39 is 17.6 Å². The van der Waals surface area contributed by atoms with Crippen LogP contribution in [0.15, 0.2) is 12.7 Å². The third kappa shape index (κ3) is 2.90. The van der Waals surface area contributed by atoms with E-state index in [1.807, 2.05) is 0 Å². The van der Waals surface area contributed by atoms with Crippen molar-refractivity contribution in [2.24, 2.45) is 0 Å². The van der Waals surface area contributed by atoms with E-state index in [4.69, 9.17) is 0 Å². The van der Waals surface area contributed by atoms with Crippen molar-refractivity contribution in [2.45, 2.75) is 44.7 Å². The van der Waals surface area contributed by atoms with Gasteiger partial charge in [0.25, 0.3) is 0 Å². The maximum absolute atomic E-state index is 11.9. The number of nitrogens with one attached hydrogen (secondary N) is 1. The van der Waals surface area contributed by atoms with Gasteiger partial charge in [-0.2, -0.15) is 0 Å². The molecule has 2 unspecified atom stereocenters. The van der Waals surface area contributed by atoms with E-state index in [1.165, 1.54) is 0 Å². The number of hydrogen-bond donors (Lipinski definition) is 2. The Hall–Kier alpha value is -1.36. The van der Waals surface area contributed by atoms with Crippen LogP contribution in [-0.2, 0) is 9.59 Å². The molecule has 0 aromatic carbocycles. The number of amides is 1. The van der Waals surface area contributed by atoms with Crippen molar-refractivity contribution in [1.29, 1.82) is 0 Å². The van der Waals surface area contributed by atoms with Crippen molar-refractivity contribution >= 4 is 11.9 Å². The van der Waals surface area contributed by atoms with Gasteiger partial charge in [-0.1, -0.05) is 6.08 Å². The molecule has 0 aliphatic carbocycles. The molecule has 1 saturated heterocycles. The first-order valence-electron chi connectivity index (χ1n) is 6.32. The van der Waals surface area contributed by atoms with E-state index in [0.717, 1.165) is 12.8 Å². The number of hydrogen-bond acceptors (Lipinski definition) is 3. The summed E-state index contributed by atoms with van der Waals surface area (Å²) in [6.07, 6.45) is 4.01. The lowest BCUT2D eigenvalue weighted by atomic mass is 9.87. The summed E-state index contributed by atoms with van der Waals surface area (Å²) < 4.78 is 0. The number of carbonyl (C=O) groups is 2. The largest absolute Gasteiger partial charge is 0.480 e. The number of piperidine rings is 1. The molecular weight excluding hydrogens is 232 g/mol. The first-order chi connectivity index (χ1) is 8.43. The van der Waals surface area contributed by atoms with Crippen molar-refractivity contribution < 1.29 is 14.7 Å². The summed E-state index contributed by atoms with van der Waals surface area (Å²) in [6.45, 7) is 8.04. The van der Waals surface area contributed by atoms with Crippen LogP contribution in [0.25, 0.3) is 0 Å². The zero-order valence-corrected chi connectivity index (χ0v) is 11.1. The molecule has 5 nitrogen and oxygen atoms in total. The van der Waals surface area contributed by atoms with Gasteiger partial charge in [-0.25, -0.2) is 0 Å². The lowest BCUT2D eigenvalue weighted by Gasteiger charge is -2.44. The minimum Gasteiger partial charge on any atom is -0.480 e. The van der Waals surface area contributed by atoms with E-state index >= 15 is 0 Å². The molecule has 102 valence electrons. The first kappa shape index (κ1) is 14.7. The fourth-order valence-corrected chi connectivity index (χ4v) is 2.45. The topological polar surface area (TPSA) is 69.6 Å². The second kappa shape index (κ2) is 6.00. The molecule has 1 aliphatic heterocycles. The third-order valence-corrected chi connectivity index (χ3v) is 3.67. The predicted octanol–water partition coefficient (Wildman–Crippen LogP) is 1.01. The minimum atomic E-state index is -0.941. The van der Waals surface area contributed by atoms with Crippen LogP contribution in [0.5, 0.6) is 0 Å². The molecule has 1 aliphatic rings. The summed E-state index contributed by atoms with van der Waals surface area (Å²) in [5, 5.41) is 12.1. The normalized spacial score (nSPS) is 26.3. The minimum absolute atomic E-state index is 0.149. The van der Waals surface area contributed by atoms with Crippen LogP contribution < -0.4 is 5.32 Å².